The van der Waals surface area contributed by atoms with Crippen LogP contribution in [0, 0.1) is 0 Å². The Morgan fingerprint density at radius 1 is 1.41 bits per heavy atom. The highest BCUT2D eigenvalue weighted by atomic mass is 32.2. The second-order valence-corrected chi connectivity index (χ2v) is 5.69. The SMILES string of the molecule is CNCC(=O)c1cccc(C2CCSCC2)c1. The lowest BCUT2D eigenvalue weighted by Gasteiger charge is -2.22. The number of nitrogens with one attached hydrogen (secondary N) is 1. The number of carbonyl (C=O) groups is 1. The molecule has 0 saturated carbocycles. The van der Waals surface area contributed by atoms with Crippen LogP contribution in [0.1, 0.15) is 34.7 Å². The molecule has 3 heteroatoms. The van der Waals surface area contributed by atoms with Crippen molar-refractivity contribution >= 4 is 17.5 Å². The molecule has 2 rings (SSSR count). The van der Waals surface area contributed by atoms with E-state index in [1.54, 1.807) is 7.05 Å². The van der Waals surface area contributed by atoms with Crippen LogP contribution in [0.2, 0.25) is 0 Å². The smallest absolute Gasteiger partial charge is 0.176 e. The Hall–Kier alpha value is -0.800. The predicted molar refractivity (Wildman–Crippen MR) is 74.0 cm³/mol. The van der Waals surface area contributed by atoms with Crippen LogP contribution in [0.25, 0.3) is 0 Å². The Morgan fingerprint density at radius 3 is 2.88 bits per heavy atom. The highest BCUT2D eigenvalue weighted by Crippen LogP contribution is 2.31. The van der Waals surface area contributed by atoms with Crippen molar-refractivity contribution in [1.29, 1.82) is 0 Å². The van der Waals surface area contributed by atoms with Gasteiger partial charge in [0.15, 0.2) is 5.78 Å². The quantitative estimate of drug-likeness (QED) is 0.832. The predicted octanol–water partition coefficient (Wildman–Crippen LogP) is 2.70. The summed E-state index contributed by atoms with van der Waals surface area (Å²) in [5, 5.41) is 2.91. The normalized spacial score (nSPS) is 17.0. The van der Waals surface area contributed by atoms with Crippen LogP contribution < -0.4 is 5.32 Å². The number of Topliss-reactive ketones (excluding diaryl/α,β-unsaturated/α-hetero) is 1. The lowest BCUT2D eigenvalue weighted by molar-refractivity contribution is 0.0993. The Morgan fingerprint density at radius 2 is 2.18 bits per heavy atom. The van der Waals surface area contributed by atoms with E-state index in [2.05, 4.69) is 17.4 Å². The number of rotatable bonds is 4. The summed E-state index contributed by atoms with van der Waals surface area (Å²) in [5.41, 5.74) is 2.18. The molecule has 0 aliphatic carbocycles. The minimum Gasteiger partial charge on any atom is -0.313 e. The fourth-order valence-electron chi connectivity index (χ4n) is 2.26. The molecule has 0 aromatic heterocycles. The number of benzene rings is 1. The van der Waals surface area contributed by atoms with Gasteiger partial charge in [-0.25, -0.2) is 0 Å². The molecule has 1 aromatic rings. The molecule has 1 aliphatic heterocycles. The van der Waals surface area contributed by atoms with Crippen molar-refractivity contribution in [2.24, 2.45) is 0 Å². The van der Waals surface area contributed by atoms with Crippen molar-refractivity contribution in [3.05, 3.63) is 35.4 Å². The van der Waals surface area contributed by atoms with Crippen molar-refractivity contribution < 1.29 is 4.79 Å². The standard InChI is InChI=1S/C14H19NOS/c1-15-10-14(16)13-4-2-3-12(9-13)11-5-7-17-8-6-11/h2-4,9,11,15H,5-8,10H2,1H3. The summed E-state index contributed by atoms with van der Waals surface area (Å²) in [4.78, 5) is 11.8. The molecule has 0 atom stereocenters. The monoisotopic (exact) mass is 249 g/mol. The maximum absolute atomic E-state index is 11.8. The first-order valence-electron chi connectivity index (χ1n) is 6.17. The first-order chi connectivity index (χ1) is 8.31. The van der Waals surface area contributed by atoms with E-state index in [0.29, 0.717) is 12.5 Å². The first-order valence-corrected chi connectivity index (χ1v) is 7.32. The van der Waals surface area contributed by atoms with Gasteiger partial charge in [0.05, 0.1) is 6.54 Å². The summed E-state index contributed by atoms with van der Waals surface area (Å²) in [6, 6.07) is 8.18. The molecule has 17 heavy (non-hydrogen) atoms. The van der Waals surface area contributed by atoms with Crippen molar-refractivity contribution in [3.8, 4) is 0 Å². The largest absolute Gasteiger partial charge is 0.313 e. The van der Waals surface area contributed by atoms with Crippen LogP contribution >= 0.6 is 11.8 Å². The summed E-state index contributed by atoms with van der Waals surface area (Å²) in [7, 11) is 1.81. The van der Waals surface area contributed by atoms with E-state index >= 15 is 0 Å². The van der Waals surface area contributed by atoms with E-state index in [1.165, 1.54) is 29.9 Å². The van der Waals surface area contributed by atoms with Gasteiger partial charge in [-0.05, 0) is 48.9 Å². The fourth-order valence-corrected chi connectivity index (χ4v) is 3.37. The average Bonchev–Trinajstić information content (AvgIpc) is 2.40. The molecule has 1 aliphatic rings. The van der Waals surface area contributed by atoms with Crippen molar-refractivity contribution in [2.75, 3.05) is 25.1 Å². The molecular formula is C14H19NOS. The lowest BCUT2D eigenvalue weighted by atomic mass is 9.92. The zero-order valence-corrected chi connectivity index (χ0v) is 11.1. The molecule has 2 nitrogen and oxygen atoms in total. The molecule has 0 radical (unpaired) electrons. The summed E-state index contributed by atoms with van der Waals surface area (Å²) in [5.74, 6) is 3.33. The molecule has 0 spiro atoms. The second-order valence-electron chi connectivity index (χ2n) is 4.47. The molecule has 92 valence electrons. The second kappa shape index (κ2) is 6.22. The van der Waals surface area contributed by atoms with E-state index in [9.17, 15) is 4.79 Å². The average molecular weight is 249 g/mol. The number of carbonyl (C=O) groups excluding carboxylic acids is 1. The minimum atomic E-state index is 0.180. The van der Waals surface area contributed by atoms with Gasteiger partial charge in [0.1, 0.15) is 0 Å². The van der Waals surface area contributed by atoms with Crippen molar-refractivity contribution in [2.45, 2.75) is 18.8 Å². The molecule has 1 heterocycles. The molecule has 1 N–H and O–H groups in total. The third-order valence-corrected chi connectivity index (χ3v) is 4.29. The van der Waals surface area contributed by atoms with Crippen LogP contribution in [0.15, 0.2) is 24.3 Å². The summed E-state index contributed by atoms with van der Waals surface area (Å²) in [6.45, 7) is 0.421. The number of likely N-dealkylation sites (N-methyl/N-ethyl adjacent to an activating group) is 1. The molecule has 1 aromatic carbocycles. The fraction of sp³-hybridized carbons (Fsp3) is 0.500. The van der Waals surface area contributed by atoms with E-state index in [0.717, 1.165) is 5.56 Å². The van der Waals surface area contributed by atoms with Gasteiger partial charge in [-0.3, -0.25) is 4.79 Å². The van der Waals surface area contributed by atoms with Crippen LogP contribution in [0.3, 0.4) is 0 Å². The Kier molecular flexibility index (Phi) is 4.63. The molecular weight excluding hydrogens is 230 g/mol. The number of ketones is 1. The zero-order valence-electron chi connectivity index (χ0n) is 10.2. The van der Waals surface area contributed by atoms with Crippen LogP contribution in [0.5, 0.6) is 0 Å². The summed E-state index contributed by atoms with van der Waals surface area (Å²) in [6.07, 6.45) is 2.49. The molecule has 1 fully saturated rings. The van der Waals surface area contributed by atoms with Gasteiger partial charge < -0.3 is 5.32 Å². The van der Waals surface area contributed by atoms with E-state index in [4.69, 9.17) is 0 Å². The first kappa shape index (κ1) is 12.7. The highest BCUT2D eigenvalue weighted by molar-refractivity contribution is 7.99. The zero-order chi connectivity index (χ0) is 12.1. The van der Waals surface area contributed by atoms with Crippen LogP contribution in [-0.4, -0.2) is 30.9 Å². The maximum atomic E-state index is 11.8. The van der Waals surface area contributed by atoms with Crippen molar-refractivity contribution in [1.82, 2.24) is 5.32 Å². The maximum Gasteiger partial charge on any atom is 0.176 e. The van der Waals surface area contributed by atoms with E-state index in [1.807, 2.05) is 23.9 Å². The summed E-state index contributed by atoms with van der Waals surface area (Å²) < 4.78 is 0. The number of thioether (sulfide) groups is 1. The minimum absolute atomic E-state index is 0.180. The van der Waals surface area contributed by atoms with Gasteiger partial charge in [0.25, 0.3) is 0 Å². The number of hydrogen-bond donors (Lipinski definition) is 1. The Bertz CT molecular complexity index is 386. The Labute approximate surface area is 107 Å². The third-order valence-electron chi connectivity index (χ3n) is 3.24. The molecule has 0 unspecified atom stereocenters. The van der Waals surface area contributed by atoms with Gasteiger partial charge in [-0.2, -0.15) is 11.8 Å². The molecule has 0 amide bonds. The Balaban J connectivity index is 2.12. The topological polar surface area (TPSA) is 29.1 Å². The van der Waals surface area contributed by atoms with Gasteiger partial charge in [0, 0.05) is 5.56 Å². The lowest BCUT2D eigenvalue weighted by Crippen LogP contribution is -2.19. The molecule has 1 saturated heterocycles. The summed E-state index contributed by atoms with van der Waals surface area (Å²) >= 11 is 2.04. The molecule has 0 bridgehead atoms. The third kappa shape index (κ3) is 3.33. The number of hydrogen-bond acceptors (Lipinski definition) is 3. The van der Waals surface area contributed by atoms with E-state index in [-0.39, 0.29) is 5.78 Å². The van der Waals surface area contributed by atoms with Gasteiger partial charge in [-0.15, -0.1) is 0 Å². The van der Waals surface area contributed by atoms with E-state index < -0.39 is 0 Å². The van der Waals surface area contributed by atoms with Gasteiger partial charge in [0.2, 0.25) is 0 Å². The van der Waals surface area contributed by atoms with Gasteiger partial charge in [-0.1, -0.05) is 18.2 Å². The van der Waals surface area contributed by atoms with Gasteiger partial charge >= 0.3 is 0 Å². The van der Waals surface area contributed by atoms with Crippen LogP contribution in [0.4, 0.5) is 0 Å². The van der Waals surface area contributed by atoms with Crippen molar-refractivity contribution in [3.63, 3.8) is 0 Å². The van der Waals surface area contributed by atoms with Crippen LogP contribution in [-0.2, 0) is 0 Å². The highest BCUT2D eigenvalue weighted by Gasteiger charge is 2.16.